The lowest BCUT2D eigenvalue weighted by Crippen LogP contribution is -2.36. The molecule has 17 heavy (non-hydrogen) atoms. The number of nitrogens with zero attached hydrogens (tertiary/aromatic N) is 1. The van der Waals surface area contributed by atoms with Crippen molar-refractivity contribution in [2.75, 3.05) is 24.3 Å². The number of aliphatic hydroxyl groups excluding tert-OH is 1. The van der Waals surface area contributed by atoms with Crippen LogP contribution in [-0.4, -0.2) is 31.3 Å². The molecule has 0 saturated heterocycles. The van der Waals surface area contributed by atoms with Gasteiger partial charge in [0.2, 0.25) is 0 Å². The summed E-state index contributed by atoms with van der Waals surface area (Å²) in [4.78, 5) is 2.08. The molecule has 1 aromatic carbocycles. The van der Waals surface area contributed by atoms with Crippen LogP contribution >= 0.6 is 0 Å². The van der Waals surface area contributed by atoms with Gasteiger partial charge in [0, 0.05) is 25.5 Å². The van der Waals surface area contributed by atoms with Crippen molar-refractivity contribution >= 4 is 11.4 Å². The highest BCUT2D eigenvalue weighted by Gasteiger charge is 2.22. The summed E-state index contributed by atoms with van der Waals surface area (Å²) < 4.78 is 0. The Bertz CT molecular complexity index is 348. The van der Waals surface area contributed by atoms with Gasteiger partial charge in [0.05, 0.1) is 12.1 Å². The molecule has 2 rings (SSSR count). The predicted octanol–water partition coefficient (Wildman–Crippen LogP) is 2.47. The lowest BCUT2D eigenvalue weighted by atomic mass is 9.92. The van der Waals surface area contributed by atoms with Gasteiger partial charge in [-0.15, -0.1) is 0 Å². The third-order valence-electron chi connectivity index (χ3n) is 3.47. The van der Waals surface area contributed by atoms with Crippen LogP contribution in [0.25, 0.3) is 0 Å². The van der Waals surface area contributed by atoms with Gasteiger partial charge in [-0.3, -0.25) is 0 Å². The van der Waals surface area contributed by atoms with E-state index in [4.69, 9.17) is 0 Å². The van der Waals surface area contributed by atoms with Crippen molar-refractivity contribution in [1.29, 1.82) is 0 Å². The molecule has 0 aliphatic heterocycles. The summed E-state index contributed by atoms with van der Waals surface area (Å²) in [5, 5.41) is 13.3. The summed E-state index contributed by atoms with van der Waals surface area (Å²) in [7, 11) is 4.07. The monoisotopic (exact) mass is 234 g/mol. The average Bonchev–Trinajstić information content (AvgIpc) is 2.33. The van der Waals surface area contributed by atoms with Crippen molar-refractivity contribution in [3.63, 3.8) is 0 Å². The molecule has 2 atom stereocenters. The Balaban J connectivity index is 1.98. The molecular weight excluding hydrogens is 212 g/mol. The summed E-state index contributed by atoms with van der Waals surface area (Å²) in [5.41, 5.74) is 2.29. The van der Waals surface area contributed by atoms with Gasteiger partial charge in [-0.05, 0) is 37.1 Å². The quantitative estimate of drug-likeness (QED) is 0.843. The van der Waals surface area contributed by atoms with Gasteiger partial charge in [-0.25, -0.2) is 0 Å². The minimum Gasteiger partial charge on any atom is -0.391 e. The SMILES string of the molecule is CN(C)c1ccc(NC2CCCCC2O)cc1. The molecule has 1 aromatic rings. The van der Waals surface area contributed by atoms with Crippen molar-refractivity contribution in [2.24, 2.45) is 0 Å². The van der Waals surface area contributed by atoms with Gasteiger partial charge < -0.3 is 15.3 Å². The van der Waals surface area contributed by atoms with Gasteiger partial charge in [0.25, 0.3) is 0 Å². The molecule has 1 aliphatic rings. The van der Waals surface area contributed by atoms with Crippen LogP contribution in [0.4, 0.5) is 11.4 Å². The highest BCUT2D eigenvalue weighted by atomic mass is 16.3. The highest BCUT2D eigenvalue weighted by Crippen LogP contribution is 2.23. The molecule has 0 spiro atoms. The molecule has 0 bridgehead atoms. The Morgan fingerprint density at radius 1 is 1.12 bits per heavy atom. The van der Waals surface area contributed by atoms with Crippen LogP contribution in [0, 0.1) is 0 Å². The van der Waals surface area contributed by atoms with Gasteiger partial charge in [0.15, 0.2) is 0 Å². The molecule has 3 nitrogen and oxygen atoms in total. The fraction of sp³-hybridized carbons (Fsp3) is 0.571. The Morgan fingerprint density at radius 3 is 2.35 bits per heavy atom. The zero-order chi connectivity index (χ0) is 12.3. The van der Waals surface area contributed by atoms with Crippen molar-refractivity contribution in [3.8, 4) is 0 Å². The second-order valence-electron chi connectivity index (χ2n) is 5.04. The van der Waals surface area contributed by atoms with Crippen LogP contribution in [0.1, 0.15) is 25.7 Å². The highest BCUT2D eigenvalue weighted by molar-refractivity contribution is 5.54. The zero-order valence-corrected chi connectivity index (χ0v) is 10.7. The molecule has 0 heterocycles. The molecule has 1 aliphatic carbocycles. The standard InChI is InChI=1S/C14H22N2O/c1-16(2)12-9-7-11(8-10-12)15-13-5-3-4-6-14(13)17/h7-10,13-15,17H,3-6H2,1-2H3. The Kier molecular flexibility index (Phi) is 3.89. The van der Waals surface area contributed by atoms with Gasteiger partial charge in [-0.1, -0.05) is 12.8 Å². The Hall–Kier alpha value is -1.22. The van der Waals surface area contributed by atoms with E-state index in [1.165, 1.54) is 12.1 Å². The van der Waals surface area contributed by atoms with E-state index in [0.29, 0.717) is 0 Å². The fourth-order valence-electron chi connectivity index (χ4n) is 2.35. The molecule has 0 amide bonds. The summed E-state index contributed by atoms with van der Waals surface area (Å²) in [6, 6.07) is 8.57. The van der Waals surface area contributed by atoms with Crippen molar-refractivity contribution in [3.05, 3.63) is 24.3 Å². The van der Waals surface area contributed by atoms with E-state index in [2.05, 4.69) is 34.5 Å². The van der Waals surface area contributed by atoms with Crippen molar-refractivity contribution < 1.29 is 5.11 Å². The number of hydrogen-bond donors (Lipinski definition) is 2. The normalized spacial score (nSPS) is 24.4. The number of rotatable bonds is 3. The van der Waals surface area contributed by atoms with E-state index in [0.717, 1.165) is 24.9 Å². The maximum Gasteiger partial charge on any atom is 0.0741 e. The molecule has 0 radical (unpaired) electrons. The van der Waals surface area contributed by atoms with Crippen LogP contribution in [0.3, 0.4) is 0 Å². The van der Waals surface area contributed by atoms with E-state index in [-0.39, 0.29) is 12.1 Å². The van der Waals surface area contributed by atoms with Crippen LogP contribution in [0.5, 0.6) is 0 Å². The number of benzene rings is 1. The van der Waals surface area contributed by atoms with Crippen molar-refractivity contribution in [2.45, 2.75) is 37.8 Å². The minimum absolute atomic E-state index is 0.197. The lowest BCUT2D eigenvalue weighted by Gasteiger charge is -2.29. The summed E-state index contributed by atoms with van der Waals surface area (Å²) in [6.45, 7) is 0. The Morgan fingerprint density at radius 2 is 1.76 bits per heavy atom. The van der Waals surface area contributed by atoms with Crippen molar-refractivity contribution in [1.82, 2.24) is 0 Å². The number of hydrogen-bond acceptors (Lipinski definition) is 3. The topological polar surface area (TPSA) is 35.5 Å². The van der Waals surface area contributed by atoms with Crippen LogP contribution in [0.2, 0.25) is 0 Å². The molecule has 0 aromatic heterocycles. The first-order valence-electron chi connectivity index (χ1n) is 6.39. The van der Waals surface area contributed by atoms with Gasteiger partial charge in [-0.2, -0.15) is 0 Å². The average molecular weight is 234 g/mol. The largest absolute Gasteiger partial charge is 0.391 e. The first-order valence-corrected chi connectivity index (χ1v) is 6.39. The smallest absolute Gasteiger partial charge is 0.0741 e. The summed E-state index contributed by atoms with van der Waals surface area (Å²) >= 11 is 0. The Labute approximate surface area is 103 Å². The van der Waals surface area contributed by atoms with E-state index in [1.54, 1.807) is 0 Å². The third kappa shape index (κ3) is 3.13. The summed E-state index contributed by atoms with van der Waals surface area (Å²) in [5.74, 6) is 0. The second-order valence-corrected chi connectivity index (χ2v) is 5.04. The molecule has 1 saturated carbocycles. The lowest BCUT2D eigenvalue weighted by molar-refractivity contribution is 0.116. The van der Waals surface area contributed by atoms with E-state index in [1.807, 2.05) is 14.1 Å². The molecular formula is C14H22N2O. The molecule has 3 heteroatoms. The molecule has 94 valence electrons. The minimum atomic E-state index is -0.197. The maximum absolute atomic E-state index is 9.90. The number of aliphatic hydroxyl groups is 1. The summed E-state index contributed by atoms with van der Waals surface area (Å²) in [6.07, 6.45) is 4.16. The first kappa shape index (κ1) is 12.2. The maximum atomic E-state index is 9.90. The molecule has 2 unspecified atom stereocenters. The van der Waals surface area contributed by atoms with E-state index >= 15 is 0 Å². The van der Waals surface area contributed by atoms with E-state index < -0.39 is 0 Å². The van der Waals surface area contributed by atoms with Crippen LogP contribution in [0.15, 0.2) is 24.3 Å². The first-order chi connectivity index (χ1) is 8.16. The third-order valence-corrected chi connectivity index (χ3v) is 3.47. The van der Waals surface area contributed by atoms with Gasteiger partial charge in [0.1, 0.15) is 0 Å². The predicted molar refractivity (Wildman–Crippen MR) is 72.7 cm³/mol. The van der Waals surface area contributed by atoms with Gasteiger partial charge >= 0.3 is 0 Å². The zero-order valence-electron chi connectivity index (χ0n) is 10.7. The van der Waals surface area contributed by atoms with Crippen LogP contribution in [-0.2, 0) is 0 Å². The van der Waals surface area contributed by atoms with E-state index in [9.17, 15) is 5.11 Å². The fourth-order valence-corrected chi connectivity index (χ4v) is 2.35. The molecule has 1 fully saturated rings. The number of anilines is 2. The second kappa shape index (κ2) is 5.41. The molecule has 2 N–H and O–H groups in total. The number of nitrogens with one attached hydrogen (secondary N) is 1. The van der Waals surface area contributed by atoms with Crippen LogP contribution < -0.4 is 10.2 Å².